The second kappa shape index (κ2) is 13.1. The van der Waals surface area contributed by atoms with E-state index in [1.54, 1.807) is 5.01 Å². The molecule has 0 spiro atoms. The van der Waals surface area contributed by atoms with Gasteiger partial charge in [-0.05, 0) is 69.4 Å². The predicted molar refractivity (Wildman–Crippen MR) is 152 cm³/mol. The summed E-state index contributed by atoms with van der Waals surface area (Å²) in [5, 5.41) is 11.3. The van der Waals surface area contributed by atoms with Crippen LogP contribution in [0.1, 0.15) is 60.3 Å². The zero-order valence-corrected chi connectivity index (χ0v) is 23.6. The fraction of sp³-hybridized carbons (Fsp3) is 0.586. The van der Waals surface area contributed by atoms with Gasteiger partial charge >= 0.3 is 0 Å². The van der Waals surface area contributed by atoms with Gasteiger partial charge in [-0.1, -0.05) is 36.6 Å². The van der Waals surface area contributed by atoms with E-state index in [1.165, 1.54) is 63.6 Å². The summed E-state index contributed by atoms with van der Waals surface area (Å²) in [5.74, 6) is 0.599. The highest BCUT2D eigenvalue weighted by Crippen LogP contribution is 2.29. The Hall–Kier alpha value is -2.77. The first-order chi connectivity index (χ1) is 19.0. The molecule has 208 valence electrons. The van der Waals surface area contributed by atoms with E-state index in [9.17, 15) is 10.1 Å². The van der Waals surface area contributed by atoms with E-state index in [-0.39, 0.29) is 11.7 Å². The predicted octanol–water partition coefficient (Wildman–Crippen LogP) is 3.56. The molecule has 2 saturated heterocycles. The maximum absolute atomic E-state index is 13.3. The van der Waals surface area contributed by atoms with Gasteiger partial charge in [0.1, 0.15) is 11.1 Å². The lowest BCUT2D eigenvalue weighted by Gasteiger charge is -2.42. The Morgan fingerprint density at radius 1 is 1.08 bits per heavy atom. The Morgan fingerprint density at radius 2 is 1.77 bits per heavy atom. The number of hydrazine groups is 1. The number of hydrogen-bond donors (Lipinski definition) is 1. The molecule has 10 heteroatoms. The third-order valence-electron chi connectivity index (χ3n) is 8.47. The summed E-state index contributed by atoms with van der Waals surface area (Å²) < 4.78 is 0. The van der Waals surface area contributed by atoms with Crippen LogP contribution in [0, 0.1) is 17.2 Å². The second-order valence-electron chi connectivity index (χ2n) is 11.2. The average molecular weight is 551 g/mol. The Kier molecular flexibility index (Phi) is 9.30. The number of anilines is 1. The Labute approximate surface area is 236 Å². The zero-order chi connectivity index (χ0) is 27.2. The average Bonchev–Trinajstić information content (AvgIpc) is 3.47. The van der Waals surface area contributed by atoms with Gasteiger partial charge in [-0.25, -0.2) is 4.98 Å². The lowest BCUT2D eigenvalue weighted by Crippen LogP contribution is -2.52. The minimum absolute atomic E-state index is 0.0250. The lowest BCUT2D eigenvalue weighted by atomic mass is 10.0. The topological polar surface area (TPSA) is 91.6 Å². The van der Waals surface area contributed by atoms with Crippen LogP contribution < -0.4 is 10.4 Å². The number of piperidine rings is 1. The molecule has 1 aromatic heterocycles. The van der Waals surface area contributed by atoms with Gasteiger partial charge in [0.15, 0.2) is 5.82 Å². The molecule has 1 saturated carbocycles. The van der Waals surface area contributed by atoms with Crippen LogP contribution in [0.25, 0.3) is 0 Å². The van der Waals surface area contributed by atoms with E-state index in [4.69, 9.17) is 11.6 Å². The summed E-state index contributed by atoms with van der Waals surface area (Å²) in [6.07, 6.45) is 8.42. The van der Waals surface area contributed by atoms with Crippen LogP contribution in [0.3, 0.4) is 0 Å². The number of halogens is 1. The van der Waals surface area contributed by atoms with Gasteiger partial charge in [0.25, 0.3) is 5.91 Å². The van der Waals surface area contributed by atoms with E-state index in [0.717, 1.165) is 32.5 Å². The van der Waals surface area contributed by atoms with Crippen LogP contribution in [0.5, 0.6) is 0 Å². The van der Waals surface area contributed by atoms with E-state index in [1.807, 2.05) is 30.3 Å². The van der Waals surface area contributed by atoms with E-state index in [2.05, 4.69) is 37.1 Å². The fourth-order valence-electron chi connectivity index (χ4n) is 6.07. The van der Waals surface area contributed by atoms with E-state index < -0.39 is 0 Å². The number of benzene rings is 1. The summed E-state index contributed by atoms with van der Waals surface area (Å²) in [6.45, 7) is 8.43. The van der Waals surface area contributed by atoms with Crippen molar-refractivity contribution in [2.45, 2.75) is 51.1 Å². The molecule has 9 nitrogen and oxygen atoms in total. The molecule has 39 heavy (non-hydrogen) atoms. The first kappa shape index (κ1) is 27.8. The van der Waals surface area contributed by atoms with Crippen molar-refractivity contribution >= 4 is 23.3 Å². The van der Waals surface area contributed by atoms with Crippen LogP contribution in [0.15, 0.2) is 30.5 Å². The van der Waals surface area contributed by atoms with Crippen molar-refractivity contribution in [1.82, 2.24) is 30.1 Å². The molecule has 0 atom stereocenters. The third kappa shape index (κ3) is 7.25. The van der Waals surface area contributed by atoms with Gasteiger partial charge in [0.05, 0.1) is 6.20 Å². The normalized spacial score (nSPS) is 20.1. The van der Waals surface area contributed by atoms with Crippen molar-refractivity contribution in [2.75, 3.05) is 57.9 Å². The number of nitrogens with one attached hydrogen (secondary N) is 1. The number of piperazine rings is 1. The molecule has 0 unspecified atom stereocenters. The van der Waals surface area contributed by atoms with Crippen molar-refractivity contribution in [1.29, 1.82) is 5.26 Å². The molecule has 3 aliphatic rings. The van der Waals surface area contributed by atoms with Crippen LogP contribution in [0.2, 0.25) is 5.02 Å². The summed E-state index contributed by atoms with van der Waals surface area (Å²) in [5.41, 5.74) is 4.79. The lowest BCUT2D eigenvalue weighted by molar-refractivity contribution is 0.0658. The minimum atomic E-state index is -0.222. The van der Waals surface area contributed by atoms with Gasteiger partial charge in [0.2, 0.25) is 5.82 Å². The molecule has 3 fully saturated rings. The van der Waals surface area contributed by atoms with Gasteiger partial charge in [-0.2, -0.15) is 10.2 Å². The highest BCUT2D eigenvalue weighted by atomic mass is 35.5. The van der Waals surface area contributed by atoms with Crippen molar-refractivity contribution < 1.29 is 4.79 Å². The number of rotatable bonds is 8. The summed E-state index contributed by atoms with van der Waals surface area (Å²) in [7, 11) is 2.21. The SMILES string of the molecule is CN1CCN(C2CCN(Cc3ccc(C(=O)NN(CC4CCCC4)c4nc(C#N)ncc4Cl)cc3)CC2)CC1. The molecule has 3 heterocycles. The van der Waals surface area contributed by atoms with Crippen molar-refractivity contribution in [3.63, 3.8) is 0 Å². The number of likely N-dealkylation sites (tertiary alicyclic amines) is 1. The number of nitrogens with zero attached hydrogens (tertiary/aromatic N) is 7. The zero-order valence-electron chi connectivity index (χ0n) is 22.9. The van der Waals surface area contributed by atoms with Gasteiger partial charge in [0, 0.05) is 50.9 Å². The molecular formula is C29H39ClN8O. The molecule has 1 aromatic carbocycles. The van der Waals surface area contributed by atoms with Crippen LogP contribution in [-0.4, -0.2) is 89.5 Å². The smallest absolute Gasteiger partial charge is 0.269 e. The maximum Gasteiger partial charge on any atom is 0.269 e. The molecule has 0 bridgehead atoms. The Morgan fingerprint density at radius 3 is 2.44 bits per heavy atom. The summed E-state index contributed by atoms with van der Waals surface area (Å²) in [4.78, 5) is 29.1. The Balaban J connectivity index is 1.17. The number of likely N-dealkylation sites (N-methyl/N-ethyl adjacent to an activating group) is 1. The second-order valence-corrected chi connectivity index (χ2v) is 11.6. The first-order valence-corrected chi connectivity index (χ1v) is 14.6. The van der Waals surface area contributed by atoms with E-state index in [0.29, 0.717) is 34.9 Å². The van der Waals surface area contributed by atoms with Crippen molar-refractivity contribution in [3.8, 4) is 6.07 Å². The standard InChI is InChI=1S/C29H39ClN8O/c1-35-14-16-37(17-15-35)25-10-12-36(13-11-25)20-23-6-8-24(9-7-23)29(39)34-38(21-22-4-2-3-5-22)28-26(30)19-32-27(18-31)33-28/h6-9,19,22,25H,2-5,10-17,20-21H2,1H3,(H,34,39). The molecule has 0 radical (unpaired) electrons. The van der Waals surface area contributed by atoms with Gasteiger partial charge < -0.3 is 4.90 Å². The van der Waals surface area contributed by atoms with Crippen LogP contribution >= 0.6 is 11.6 Å². The molecule has 5 rings (SSSR count). The molecule has 1 aliphatic carbocycles. The molecule has 2 aromatic rings. The molecule has 1 N–H and O–H groups in total. The molecule has 2 aliphatic heterocycles. The van der Waals surface area contributed by atoms with Crippen LogP contribution in [-0.2, 0) is 6.54 Å². The van der Waals surface area contributed by atoms with Crippen LogP contribution in [0.4, 0.5) is 5.82 Å². The summed E-state index contributed by atoms with van der Waals surface area (Å²) in [6, 6.07) is 10.5. The number of amides is 1. The third-order valence-corrected chi connectivity index (χ3v) is 8.73. The monoisotopic (exact) mass is 550 g/mol. The fourth-order valence-corrected chi connectivity index (χ4v) is 6.27. The number of carbonyl (C=O) groups excluding carboxylic acids is 1. The van der Waals surface area contributed by atoms with E-state index >= 15 is 0 Å². The highest BCUT2D eigenvalue weighted by Gasteiger charge is 2.27. The maximum atomic E-state index is 13.3. The Bertz CT molecular complexity index is 1150. The number of nitriles is 1. The summed E-state index contributed by atoms with van der Waals surface area (Å²) >= 11 is 6.40. The highest BCUT2D eigenvalue weighted by molar-refractivity contribution is 6.32. The molecular weight excluding hydrogens is 512 g/mol. The first-order valence-electron chi connectivity index (χ1n) is 14.2. The molecule has 1 amide bonds. The van der Waals surface area contributed by atoms with Crippen molar-refractivity contribution in [2.24, 2.45) is 5.92 Å². The van der Waals surface area contributed by atoms with Crippen molar-refractivity contribution in [3.05, 3.63) is 52.4 Å². The number of hydrogen-bond acceptors (Lipinski definition) is 8. The van der Waals surface area contributed by atoms with Gasteiger partial charge in [-0.3, -0.25) is 25.0 Å². The number of aromatic nitrogens is 2. The quantitative estimate of drug-likeness (QED) is 0.499. The van der Waals surface area contributed by atoms with Gasteiger partial charge in [-0.15, -0.1) is 0 Å². The number of carbonyl (C=O) groups is 1. The minimum Gasteiger partial charge on any atom is -0.304 e. The largest absolute Gasteiger partial charge is 0.304 e.